The third-order valence-electron chi connectivity index (χ3n) is 2.66. The zero-order chi connectivity index (χ0) is 14.3. The van der Waals surface area contributed by atoms with Crippen molar-refractivity contribution in [2.75, 3.05) is 36.9 Å². The number of alkyl halides is 2. The van der Waals surface area contributed by atoms with E-state index in [2.05, 4.69) is 0 Å². The van der Waals surface area contributed by atoms with Gasteiger partial charge in [0.1, 0.15) is 5.75 Å². The molecule has 0 aromatic heterocycles. The van der Waals surface area contributed by atoms with Gasteiger partial charge in [-0.3, -0.25) is 0 Å². The zero-order valence-corrected chi connectivity index (χ0v) is 12.3. The minimum Gasteiger partial charge on any atom is -0.497 e. The Hall–Kier alpha value is -0.680. The molecule has 2 atom stereocenters. The number of aliphatic hydroxyl groups is 2. The molecule has 0 aliphatic heterocycles. The van der Waals surface area contributed by atoms with Crippen LogP contribution in [-0.4, -0.2) is 54.4 Å². The third-order valence-corrected chi connectivity index (χ3v) is 3.37. The number of ether oxygens (including phenoxy) is 1. The van der Waals surface area contributed by atoms with Gasteiger partial charge in [0.15, 0.2) is 0 Å². The van der Waals surface area contributed by atoms with Crippen molar-refractivity contribution in [3.63, 3.8) is 0 Å². The van der Waals surface area contributed by atoms with Crippen LogP contribution >= 0.6 is 23.2 Å². The monoisotopic (exact) mass is 307 g/mol. The van der Waals surface area contributed by atoms with E-state index in [4.69, 9.17) is 27.9 Å². The molecule has 0 bridgehead atoms. The van der Waals surface area contributed by atoms with Gasteiger partial charge in [0.25, 0.3) is 0 Å². The van der Waals surface area contributed by atoms with Gasteiger partial charge in [-0.25, -0.2) is 0 Å². The van der Waals surface area contributed by atoms with Crippen molar-refractivity contribution in [3.8, 4) is 5.75 Å². The van der Waals surface area contributed by atoms with Crippen molar-refractivity contribution in [1.29, 1.82) is 0 Å². The summed E-state index contributed by atoms with van der Waals surface area (Å²) in [6, 6.07) is 7.37. The summed E-state index contributed by atoms with van der Waals surface area (Å²) in [5.41, 5.74) is 0.870. The van der Waals surface area contributed by atoms with Gasteiger partial charge in [0.2, 0.25) is 0 Å². The van der Waals surface area contributed by atoms with Crippen LogP contribution in [0.2, 0.25) is 0 Å². The fourth-order valence-corrected chi connectivity index (χ4v) is 1.88. The Kier molecular flexibility index (Phi) is 7.31. The summed E-state index contributed by atoms with van der Waals surface area (Å²) in [5, 5.41) is 19.3. The van der Waals surface area contributed by atoms with Crippen LogP contribution in [0.15, 0.2) is 24.3 Å². The molecule has 0 aliphatic carbocycles. The van der Waals surface area contributed by atoms with Gasteiger partial charge in [-0.2, -0.15) is 0 Å². The number of rotatable bonds is 8. The van der Waals surface area contributed by atoms with E-state index in [0.29, 0.717) is 13.1 Å². The Morgan fingerprint density at radius 2 is 1.53 bits per heavy atom. The van der Waals surface area contributed by atoms with E-state index in [0.717, 1.165) is 11.4 Å². The number of aliphatic hydroxyl groups excluding tert-OH is 2. The minimum absolute atomic E-state index is 0.142. The lowest BCUT2D eigenvalue weighted by atomic mass is 10.2. The molecule has 0 saturated heterocycles. The predicted octanol–water partition coefficient (Wildman–Crippen LogP) is 1.70. The number of anilines is 1. The van der Waals surface area contributed by atoms with Crippen LogP contribution in [0.25, 0.3) is 0 Å². The van der Waals surface area contributed by atoms with E-state index in [9.17, 15) is 10.2 Å². The van der Waals surface area contributed by atoms with E-state index in [1.807, 2.05) is 29.2 Å². The molecule has 0 radical (unpaired) electrons. The molecule has 19 heavy (non-hydrogen) atoms. The van der Waals surface area contributed by atoms with Crippen LogP contribution in [0.3, 0.4) is 0 Å². The van der Waals surface area contributed by atoms with Crippen molar-refractivity contribution in [3.05, 3.63) is 24.3 Å². The normalized spacial score (nSPS) is 13.9. The number of halogens is 2. The first-order valence-corrected chi connectivity index (χ1v) is 7.04. The topological polar surface area (TPSA) is 52.9 Å². The van der Waals surface area contributed by atoms with Crippen LogP contribution in [0, 0.1) is 0 Å². The molecule has 0 amide bonds. The number of hydrogen-bond acceptors (Lipinski definition) is 4. The van der Waals surface area contributed by atoms with Gasteiger partial charge in [0, 0.05) is 18.8 Å². The Balaban J connectivity index is 2.80. The first-order chi connectivity index (χ1) is 9.10. The maximum Gasteiger partial charge on any atom is 0.119 e. The van der Waals surface area contributed by atoms with E-state index < -0.39 is 12.2 Å². The highest BCUT2D eigenvalue weighted by Gasteiger charge is 2.15. The molecular weight excluding hydrogens is 289 g/mol. The molecule has 0 fully saturated rings. The zero-order valence-electron chi connectivity index (χ0n) is 10.8. The second-order valence-corrected chi connectivity index (χ2v) is 4.84. The largest absolute Gasteiger partial charge is 0.497 e. The highest BCUT2D eigenvalue weighted by molar-refractivity contribution is 6.18. The van der Waals surface area contributed by atoms with Crippen LogP contribution in [0.1, 0.15) is 0 Å². The summed E-state index contributed by atoms with van der Waals surface area (Å²) in [6.07, 6.45) is -1.32. The van der Waals surface area contributed by atoms with E-state index in [-0.39, 0.29) is 11.8 Å². The minimum atomic E-state index is -0.661. The summed E-state index contributed by atoms with van der Waals surface area (Å²) in [6.45, 7) is 0.674. The Labute approximate surface area is 123 Å². The van der Waals surface area contributed by atoms with E-state index in [1.54, 1.807) is 7.11 Å². The highest BCUT2D eigenvalue weighted by Crippen LogP contribution is 2.20. The SMILES string of the molecule is COc1ccc(N(C[C@H](O)CCl)C[C@@H](O)CCl)cc1. The fraction of sp³-hybridized carbons (Fsp3) is 0.538. The molecule has 1 aromatic carbocycles. The summed E-state index contributed by atoms with van der Waals surface area (Å²) in [5.74, 6) is 1.03. The van der Waals surface area contributed by atoms with Gasteiger partial charge >= 0.3 is 0 Å². The number of benzene rings is 1. The Morgan fingerprint density at radius 1 is 1.05 bits per heavy atom. The van der Waals surface area contributed by atoms with Crippen LogP contribution in [-0.2, 0) is 0 Å². The molecule has 1 rings (SSSR count). The van der Waals surface area contributed by atoms with Gasteiger partial charge in [-0.05, 0) is 24.3 Å². The van der Waals surface area contributed by atoms with Crippen molar-refractivity contribution in [1.82, 2.24) is 0 Å². The summed E-state index contributed by atoms with van der Waals surface area (Å²) in [4.78, 5) is 1.85. The highest BCUT2D eigenvalue weighted by atomic mass is 35.5. The van der Waals surface area contributed by atoms with Gasteiger partial charge in [0.05, 0.1) is 31.1 Å². The summed E-state index contributed by atoms with van der Waals surface area (Å²) in [7, 11) is 1.60. The number of nitrogens with zero attached hydrogens (tertiary/aromatic N) is 1. The van der Waals surface area contributed by atoms with Crippen molar-refractivity contribution in [2.24, 2.45) is 0 Å². The molecule has 0 heterocycles. The first-order valence-electron chi connectivity index (χ1n) is 5.97. The maximum atomic E-state index is 9.66. The molecule has 0 saturated carbocycles. The smallest absolute Gasteiger partial charge is 0.119 e. The molecule has 108 valence electrons. The Morgan fingerprint density at radius 3 is 1.89 bits per heavy atom. The third kappa shape index (κ3) is 5.45. The second kappa shape index (κ2) is 8.48. The molecular formula is C13H19Cl2NO3. The molecule has 0 aliphatic rings. The standard InChI is InChI=1S/C13H19Cl2NO3/c1-19-13-4-2-10(3-5-13)16(8-11(17)6-14)9-12(18)7-15/h2-5,11-12,17-18H,6-9H2,1H3/t11-,12+. The summed E-state index contributed by atoms with van der Waals surface area (Å²) >= 11 is 11.2. The van der Waals surface area contributed by atoms with Gasteiger partial charge < -0.3 is 19.8 Å². The van der Waals surface area contributed by atoms with Crippen molar-refractivity contribution in [2.45, 2.75) is 12.2 Å². The summed E-state index contributed by atoms with van der Waals surface area (Å²) < 4.78 is 5.09. The molecule has 4 nitrogen and oxygen atoms in total. The van der Waals surface area contributed by atoms with Crippen molar-refractivity contribution >= 4 is 28.9 Å². The lowest BCUT2D eigenvalue weighted by molar-refractivity contribution is 0.181. The lowest BCUT2D eigenvalue weighted by Crippen LogP contribution is -2.39. The maximum absolute atomic E-state index is 9.66. The van der Waals surface area contributed by atoms with E-state index in [1.165, 1.54) is 0 Å². The molecule has 1 aromatic rings. The second-order valence-electron chi connectivity index (χ2n) is 4.22. The molecule has 0 unspecified atom stereocenters. The van der Waals surface area contributed by atoms with Gasteiger partial charge in [-0.15, -0.1) is 23.2 Å². The first kappa shape index (κ1) is 16.4. The Bertz CT molecular complexity index is 349. The number of methoxy groups -OCH3 is 1. The van der Waals surface area contributed by atoms with Crippen LogP contribution in [0.5, 0.6) is 5.75 Å². The average Bonchev–Trinajstić information content (AvgIpc) is 2.46. The predicted molar refractivity (Wildman–Crippen MR) is 78.7 cm³/mol. The average molecular weight is 308 g/mol. The van der Waals surface area contributed by atoms with Crippen LogP contribution in [0.4, 0.5) is 5.69 Å². The fourth-order valence-electron chi connectivity index (χ4n) is 1.68. The number of hydrogen-bond donors (Lipinski definition) is 2. The van der Waals surface area contributed by atoms with Crippen molar-refractivity contribution < 1.29 is 14.9 Å². The molecule has 6 heteroatoms. The van der Waals surface area contributed by atoms with Gasteiger partial charge in [-0.1, -0.05) is 0 Å². The molecule has 0 spiro atoms. The quantitative estimate of drug-likeness (QED) is 0.718. The lowest BCUT2D eigenvalue weighted by Gasteiger charge is -2.28. The molecule has 2 N–H and O–H groups in total. The van der Waals surface area contributed by atoms with Crippen LogP contribution < -0.4 is 9.64 Å². The van der Waals surface area contributed by atoms with E-state index >= 15 is 0 Å².